The second kappa shape index (κ2) is 10.6. The number of hydrogen-bond acceptors (Lipinski definition) is 3. The van der Waals surface area contributed by atoms with Gasteiger partial charge in [-0.3, -0.25) is 9.59 Å². The number of carboxylic acids is 1. The highest BCUT2D eigenvalue weighted by Crippen LogP contribution is 2.68. The third-order valence-electron chi connectivity index (χ3n) is 12.8. The van der Waals surface area contributed by atoms with E-state index < -0.39 is 17.5 Å². The number of aliphatic carboxylic acids is 1. The SMILES string of the molecule is CC(C)CCC[C@@H](C)[C@H]1CC[C@H]2[C@@H]3CC=C4CC(C(=O)O)(C5CCCCC(=O)O5)CC[C@]4(C)[C@H]3CC[C@]12C. The van der Waals surface area contributed by atoms with Gasteiger partial charge in [0.15, 0.2) is 0 Å². The molecule has 0 radical (unpaired) electrons. The summed E-state index contributed by atoms with van der Waals surface area (Å²) in [5.74, 6) is 3.72. The van der Waals surface area contributed by atoms with Crippen molar-refractivity contribution in [3.8, 4) is 0 Å². The molecule has 2 unspecified atom stereocenters. The maximum atomic E-state index is 12.8. The van der Waals surface area contributed by atoms with Gasteiger partial charge in [-0.05, 0) is 117 Å². The van der Waals surface area contributed by atoms with Crippen LogP contribution in [0.3, 0.4) is 0 Å². The summed E-state index contributed by atoms with van der Waals surface area (Å²) in [5.41, 5.74) is 0.978. The lowest BCUT2D eigenvalue weighted by molar-refractivity contribution is -0.173. The molecule has 9 atom stereocenters. The molecule has 4 fully saturated rings. The summed E-state index contributed by atoms with van der Waals surface area (Å²) >= 11 is 0. The Balaban J connectivity index is 1.35. The minimum atomic E-state index is -0.953. The van der Waals surface area contributed by atoms with E-state index in [9.17, 15) is 14.7 Å². The molecule has 0 amide bonds. The van der Waals surface area contributed by atoms with E-state index in [1.807, 2.05) is 0 Å². The summed E-state index contributed by atoms with van der Waals surface area (Å²) in [6.45, 7) is 12.3. The minimum absolute atomic E-state index is 0.0961. The van der Waals surface area contributed by atoms with E-state index in [4.69, 9.17) is 4.74 Å². The van der Waals surface area contributed by atoms with Gasteiger partial charge < -0.3 is 9.84 Å². The second-order valence-corrected chi connectivity index (χ2v) is 15.2. The molecule has 3 saturated carbocycles. The van der Waals surface area contributed by atoms with Gasteiger partial charge in [-0.25, -0.2) is 0 Å². The number of fused-ring (bicyclic) bond motifs is 5. The molecule has 0 spiro atoms. The number of rotatable bonds is 7. The number of ether oxygens (including phenoxy) is 1. The van der Waals surface area contributed by atoms with Crippen LogP contribution in [0.4, 0.5) is 0 Å². The van der Waals surface area contributed by atoms with Crippen molar-refractivity contribution in [3.05, 3.63) is 11.6 Å². The Labute approximate surface area is 231 Å². The summed E-state index contributed by atoms with van der Waals surface area (Å²) in [5, 5.41) is 10.5. The van der Waals surface area contributed by atoms with E-state index >= 15 is 0 Å². The van der Waals surface area contributed by atoms with Crippen LogP contribution in [0, 0.1) is 51.8 Å². The predicted octanol–water partition coefficient (Wildman–Crippen LogP) is 8.58. The molecule has 5 aliphatic rings. The van der Waals surface area contributed by atoms with Crippen molar-refractivity contribution < 1.29 is 19.4 Å². The van der Waals surface area contributed by atoms with Crippen LogP contribution in [0.5, 0.6) is 0 Å². The molecular weight excluding hydrogens is 472 g/mol. The molecule has 0 aromatic heterocycles. The third kappa shape index (κ3) is 4.68. The van der Waals surface area contributed by atoms with Gasteiger partial charge in [0.1, 0.15) is 11.5 Å². The van der Waals surface area contributed by atoms with Gasteiger partial charge in [0, 0.05) is 6.42 Å². The fourth-order valence-corrected chi connectivity index (χ4v) is 10.6. The van der Waals surface area contributed by atoms with Crippen LogP contribution in [-0.4, -0.2) is 23.1 Å². The highest BCUT2D eigenvalue weighted by atomic mass is 16.5. The predicted molar refractivity (Wildman–Crippen MR) is 151 cm³/mol. The number of carbonyl (C=O) groups excluding carboxylic acids is 1. The summed E-state index contributed by atoms with van der Waals surface area (Å²) in [6, 6.07) is 0. The molecule has 214 valence electrons. The average molecular weight is 527 g/mol. The lowest BCUT2D eigenvalue weighted by Crippen LogP contribution is -2.54. The van der Waals surface area contributed by atoms with Gasteiger partial charge >= 0.3 is 11.9 Å². The zero-order valence-corrected chi connectivity index (χ0v) is 24.9. The smallest absolute Gasteiger partial charge is 0.313 e. The summed E-state index contributed by atoms with van der Waals surface area (Å²) in [4.78, 5) is 25.1. The fourth-order valence-electron chi connectivity index (χ4n) is 10.6. The van der Waals surface area contributed by atoms with Crippen molar-refractivity contribution in [1.82, 2.24) is 0 Å². The van der Waals surface area contributed by atoms with Crippen LogP contribution >= 0.6 is 0 Å². The quantitative estimate of drug-likeness (QED) is 0.266. The van der Waals surface area contributed by atoms with Crippen molar-refractivity contribution in [3.63, 3.8) is 0 Å². The van der Waals surface area contributed by atoms with Crippen LogP contribution < -0.4 is 0 Å². The Morgan fingerprint density at radius 2 is 1.82 bits per heavy atom. The molecule has 5 rings (SSSR count). The number of carbonyl (C=O) groups is 2. The number of allylic oxidation sites excluding steroid dienone is 2. The van der Waals surface area contributed by atoms with Crippen molar-refractivity contribution >= 4 is 11.9 Å². The summed E-state index contributed by atoms with van der Waals surface area (Å²) in [7, 11) is 0. The maximum absolute atomic E-state index is 12.8. The largest absolute Gasteiger partial charge is 0.481 e. The lowest BCUT2D eigenvalue weighted by atomic mass is 9.45. The first-order chi connectivity index (χ1) is 18.0. The number of esters is 1. The van der Waals surface area contributed by atoms with Crippen LogP contribution in [0.25, 0.3) is 0 Å². The van der Waals surface area contributed by atoms with Crippen LogP contribution in [0.2, 0.25) is 0 Å². The number of carboxylic acid groups (broad SMARTS) is 1. The molecule has 0 aromatic carbocycles. The molecule has 0 bridgehead atoms. The molecule has 1 aliphatic heterocycles. The molecule has 38 heavy (non-hydrogen) atoms. The van der Waals surface area contributed by atoms with Crippen molar-refractivity contribution in [2.24, 2.45) is 51.8 Å². The lowest BCUT2D eigenvalue weighted by Gasteiger charge is -2.60. The van der Waals surface area contributed by atoms with E-state index in [1.54, 1.807) is 0 Å². The Morgan fingerprint density at radius 1 is 1.03 bits per heavy atom. The van der Waals surface area contributed by atoms with E-state index in [0.29, 0.717) is 37.0 Å². The topological polar surface area (TPSA) is 63.6 Å². The van der Waals surface area contributed by atoms with Crippen molar-refractivity contribution in [1.29, 1.82) is 0 Å². The number of cyclic esters (lactones) is 1. The zero-order chi connectivity index (χ0) is 27.3. The highest BCUT2D eigenvalue weighted by Gasteiger charge is 2.62. The molecule has 1 N–H and O–H groups in total. The van der Waals surface area contributed by atoms with Gasteiger partial charge in [-0.15, -0.1) is 0 Å². The van der Waals surface area contributed by atoms with E-state index in [1.165, 1.54) is 50.5 Å². The monoisotopic (exact) mass is 526 g/mol. The van der Waals surface area contributed by atoms with Gasteiger partial charge in [-0.1, -0.05) is 65.5 Å². The molecule has 4 aliphatic carbocycles. The fraction of sp³-hybridized carbons (Fsp3) is 0.882. The minimum Gasteiger partial charge on any atom is -0.481 e. The Kier molecular flexibility index (Phi) is 7.86. The van der Waals surface area contributed by atoms with E-state index in [2.05, 4.69) is 40.7 Å². The van der Waals surface area contributed by atoms with Gasteiger partial charge in [0.05, 0.1) is 0 Å². The zero-order valence-electron chi connectivity index (χ0n) is 24.9. The first-order valence-corrected chi connectivity index (χ1v) is 16.1. The van der Waals surface area contributed by atoms with Crippen molar-refractivity contribution in [2.45, 2.75) is 137 Å². The Hall–Kier alpha value is -1.32. The first kappa shape index (κ1) is 28.2. The van der Waals surface area contributed by atoms with Gasteiger partial charge in [0.25, 0.3) is 0 Å². The highest BCUT2D eigenvalue weighted by molar-refractivity contribution is 5.78. The first-order valence-electron chi connectivity index (χ1n) is 16.1. The third-order valence-corrected chi connectivity index (χ3v) is 12.8. The standard InChI is InChI=1S/C34H54O4/c1-22(2)9-8-10-23(3)26-15-16-27-25-14-13-24-21-34(31(36)37,29-11-6-7-12-30(35)38-29)20-19-32(24,4)28(25)17-18-33(26,27)5/h13,22-23,25-29H,6-12,14-21H2,1-5H3,(H,36,37)/t23-,25+,26-,27+,28+,29?,32+,33-,34?/m1/s1. The van der Waals surface area contributed by atoms with Gasteiger partial charge in [0.2, 0.25) is 0 Å². The van der Waals surface area contributed by atoms with Crippen molar-refractivity contribution in [2.75, 3.05) is 0 Å². The van der Waals surface area contributed by atoms with Crippen LogP contribution in [0.15, 0.2) is 11.6 Å². The van der Waals surface area contributed by atoms with Gasteiger partial charge in [-0.2, -0.15) is 0 Å². The second-order valence-electron chi connectivity index (χ2n) is 15.2. The summed E-state index contributed by atoms with van der Waals surface area (Å²) in [6.07, 6.45) is 17.5. The molecular formula is C34H54O4. The molecule has 1 heterocycles. The normalized spacial score (nSPS) is 43.8. The molecule has 1 saturated heterocycles. The van der Waals surface area contributed by atoms with E-state index in [-0.39, 0.29) is 11.4 Å². The number of hydrogen-bond donors (Lipinski definition) is 1. The molecule has 4 heteroatoms. The maximum Gasteiger partial charge on any atom is 0.313 e. The molecule has 4 nitrogen and oxygen atoms in total. The van der Waals surface area contributed by atoms with E-state index in [0.717, 1.165) is 55.3 Å². The average Bonchev–Trinajstić information content (AvgIpc) is 3.07. The van der Waals surface area contributed by atoms with Crippen LogP contribution in [0.1, 0.15) is 131 Å². The Bertz CT molecular complexity index is 937. The summed E-state index contributed by atoms with van der Waals surface area (Å²) < 4.78 is 5.83. The Morgan fingerprint density at radius 3 is 2.55 bits per heavy atom. The molecule has 0 aromatic rings. The van der Waals surface area contributed by atoms with Crippen LogP contribution in [-0.2, 0) is 14.3 Å².